The molecule has 6 heteroatoms. The lowest BCUT2D eigenvalue weighted by Crippen LogP contribution is -2.36. The van der Waals surface area contributed by atoms with Crippen LogP contribution in [0.2, 0.25) is 0 Å². The minimum absolute atomic E-state index is 0.187. The van der Waals surface area contributed by atoms with Gasteiger partial charge >= 0.3 is 5.51 Å². The van der Waals surface area contributed by atoms with E-state index < -0.39 is 17.7 Å². The van der Waals surface area contributed by atoms with E-state index >= 15 is 0 Å². The summed E-state index contributed by atoms with van der Waals surface area (Å²) >= 11 is -0.187. The molecule has 0 rings (SSSR count). The lowest BCUT2D eigenvalue weighted by atomic mass is 10.0. The van der Waals surface area contributed by atoms with Crippen molar-refractivity contribution in [2.75, 3.05) is 5.75 Å². The van der Waals surface area contributed by atoms with Gasteiger partial charge < -0.3 is 10.8 Å². The first-order valence-electron chi connectivity index (χ1n) is 9.67. The molecule has 0 bridgehead atoms. The summed E-state index contributed by atoms with van der Waals surface area (Å²) in [5.41, 5.74) is 1.25. The van der Waals surface area contributed by atoms with Crippen LogP contribution in [-0.2, 0) is 0 Å². The third-order valence-corrected chi connectivity index (χ3v) is 5.06. The summed E-state index contributed by atoms with van der Waals surface area (Å²) in [5.74, 6) is -0.326. The fraction of sp³-hybridized carbons (Fsp3) is 0.895. The van der Waals surface area contributed by atoms with Crippen molar-refractivity contribution in [3.63, 3.8) is 0 Å². The van der Waals surface area contributed by atoms with Crippen molar-refractivity contribution in [3.05, 3.63) is 12.2 Å². The topological polar surface area (TPSA) is 46.2 Å². The molecule has 150 valence electrons. The van der Waals surface area contributed by atoms with Crippen LogP contribution in [0.15, 0.2) is 12.2 Å². The highest BCUT2D eigenvalue weighted by molar-refractivity contribution is 8.00. The predicted octanol–water partition coefficient (Wildman–Crippen LogP) is 6.18. The van der Waals surface area contributed by atoms with Crippen LogP contribution in [0.5, 0.6) is 0 Å². The molecule has 0 radical (unpaired) electrons. The second-order valence-electron chi connectivity index (χ2n) is 6.66. The molecule has 2 unspecified atom stereocenters. The van der Waals surface area contributed by atoms with E-state index in [1.165, 1.54) is 63.9 Å². The number of unbranched alkanes of at least 4 members (excludes halogenated alkanes) is 11. The molecule has 3 N–H and O–H groups in total. The molecule has 2 atom stereocenters. The highest BCUT2D eigenvalue weighted by Gasteiger charge is 2.29. The summed E-state index contributed by atoms with van der Waals surface area (Å²) in [7, 11) is 0. The van der Waals surface area contributed by atoms with Gasteiger partial charge in [-0.2, -0.15) is 13.2 Å². The maximum Gasteiger partial charge on any atom is 0.441 e. The zero-order chi connectivity index (χ0) is 19.0. The molecule has 0 aliphatic carbocycles. The van der Waals surface area contributed by atoms with Gasteiger partial charge in [-0.1, -0.05) is 83.3 Å². The van der Waals surface area contributed by atoms with Crippen LogP contribution in [-0.4, -0.2) is 28.5 Å². The van der Waals surface area contributed by atoms with Crippen LogP contribution < -0.4 is 5.73 Å². The third kappa shape index (κ3) is 18.4. The molecule has 0 aromatic rings. The second-order valence-corrected chi connectivity index (χ2v) is 7.75. The molecule has 0 aliphatic heterocycles. The molecule has 0 heterocycles. The maximum absolute atomic E-state index is 12.1. The van der Waals surface area contributed by atoms with Gasteiger partial charge in [0.25, 0.3) is 0 Å². The first-order chi connectivity index (χ1) is 11.9. The first kappa shape index (κ1) is 24.8. The zero-order valence-corrected chi connectivity index (χ0v) is 16.4. The average molecular weight is 384 g/mol. The number of aliphatic hydroxyl groups excluding tert-OH is 1. The SMILES string of the molecule is CCCCCCCCCCCCC/C=C/C(O)C(N)CSC(F)(F)F. The van der Waals surface area contributed by atoms with E-state index in [9.17, 15) is 18.3 Å². The molecular weight excluding hydrogens is 347 g/mol. The van der Waals surface area contributed by atoms with Gasteiger partial charge in [-0.05, 0) is 24.6 Å². The van der Waals surface area contributed by atoms with Crippen molar-refractivity contribution in [2.24, 2.45) is 5.73 Å². The van der Waals surface area contributed by atoms with Gasteiger partial charge in [-0.25, -0.2) is 0 Å². The van der Waals surface area contributed by atoms with Crippen molar-refractivity contribution in [3.8, 4) is 0 Å². The number of rotatable bonds is 16. The van der Waals surface area contributed by atoms with Crippen molar-refractivity contribution in [1.29, 1.82) is 0 Å². The number of halogens is 3. The highest BCUT2D eigenvalue weighted by atomic mass is 32.2. The van der Waals surface area contributed by atoms with Gasteiger partial charge in [0, 0.05) is 11.8 Å². The normalized spacial score (nSPS) is 15.0. The fourth-order valence-electron chi connectivity index (χ4n) is 2.59. The molecule has 0 saturated heterocycles. The van der Waals surface area contributed by atoms with E-state index in [4.69, 9.17) is 5.73 Å². The molecule has 0 saturated carbocycles. The Bertz CT molecular complexity index is 324. The highest BCUT2D eigenvalue weighted by Crippen LogP contribution is 2.30. The van der Waals surface area contributed by atoms with Crippen molar-refractivity contribution in [1.82, 2.24) is 0 Å². The second kappa shape index (κ2) is 16.0. The maximum atomic E-state index is 12.1. The van der Waals surface area contributed by atoms with Gasteiger partial charge in [0.05, 0.1) is 6.10 Å². The van der Waals surface area contributed by atoms with Gasteiger partial charge in [0.1, 0.15) is 0 Å². The predicted molar refractivity (Wildman–Crippen MR) is 103 cm³/mol. The first-order valence-corrected chi connectivity index (χ1v) is 10.7. The van der Waals surface area contributed by atoms with E-state index in [1.54, 1.807) is 0 Å². The third-order valence-electron chi connectivity index (χ3n) is 4.19. The largest absolute Gasteiger partial charge is 0.441 e. The van der Waals surface area contributed by atoms with Gasteiger partial charge in [0.15, 0.2) is 0 Å². The molecular formula is C19H36F3NOS. The van der Waals surface area contributed by atoms with E-state index in [0.29, 0.717) is 0 Å². The number of aliphatic hydroxyl groups is 1. The van der Waals surface area contributed by atoms with Crippen LogP contribution in [0, 0.1) is 0 Å². The lowest BCUT2D eigenvalue weighted by Gasteiger charge is -2.16. The Balaban J connectivity index is 3.44. The monoisotopic (exact) mass is 383 g/mol. The minimum atomic E-state index is -4.30. The van der Waals surface area contributed by atoms with Crippen molar-refractivity contribution >= 4 is 11.8 Å². The number of hydrogen-bond donors (Lipinski definition) is 2. The van der Waals surface area contributed by atoms with Crippen molar-refractivity contribution < 1.29 is 18.3 Å². The molecule has 0 amide bonds. The Labute approximate surface area is 155 Å². The Hall–Kier alpha value is -0.200. The number of nitrogens with two attached hydrogens (primary N) is 1. The van der Waals surface area contributed by atoms with E-state index in [2.05, 4.69) is 6.92 Å². The van der Waals surface area contributed by atoms with Crippen LogP contribution in [0.25, 0.3) is 0 Å². The smallest absolute Gasteiger partial charge is 0.387 e. The van der Waals surface area contributed by atoms with E-state index in [-0.39, 0.29) is 17.5 Å². The fourth-order valence-corrected chi connectivity index (χ4v) is 3.17. The zero-order valence-electron chi connectivity index (χ0n) is 15.6. The summed E-state index contributed by atoms with van der Waals surface area (Å²) in [6.45, 7) is 2.23. The van der Waals surface area contributed by atoms with Crippen molar-refractivity contribution in [2.45, 2.75) is 102 Å². The Kier molecular flexibility index (Phi) is 15.9. The van der Waals surface area contributed by atoms with E-state index in [0.717, 1.165) is 19.3 Å². The Morgan fingerprint density at radius 3 is 1.88 bits per heavy atom. The summed E-state index contributed by atoms with van der Waals surface area (Å²) in [6, 6.07) is -0.889. The summed E-state index contributed by atoms with van der Waals surface area (Å²) < 4.78 is 36.2. The Morgan fingerprint density at radius 2 is 1.40 bits per heavy atom. The molecule has 2 nitrogen and oxygen atoms in total. The molecule has 0 aliphatic rings. The van der Waals surface area contributed by atoms with Crippen LogP contribution in [0.4, 0.5) is 13.2 Å². The summed E-state index contributed by atoms with van der Waals surface area (Å²) in [4.78, 5) is 0. The van der Waals surface area contributed by atoms with Crippen LogP contribution in [0.1, 0.15) is 84.0 Å². The molecule has 0 aromatic carbocycles. The molecule has 0 fully saturated rings. The quantitative estimate of drug-likeness (QED) is 0.247. The van der Waals surface area contributed by atoms with E-state index in [1.807, 2.05) is 6.08 Å². The number of hydrogen-bond acceptors (Lipinski definition) is 3. The van der Waals surface area contributed by atoms with Gasteiger partial charge in [-0.3, -0.25) is 0 Å². The Morgan fingerprint density at radius 1 is 0.920 bits per heavy atom. The van der Waals surface area contributed by atoms with Gasteiger partial charge in [0.2, 0.25) is 0 Å². The molecule has 25 heavy (non-hydrogen) atoms. The molecule has 0 aromatic heterocycles. The van der Waals surface area contributed by atoms with Gasteiger partial charge in [-0.15, -0.1) is 0 Å². The molecule has 0 spiro atoms. The minimum Gasteiger partial charge on any atom is -0.387 e. The van der Waals surface area contributed by atoms with Crippen LogP contribution >= 0.6 is 11.8 Å². The lowest BCUT2D eigenvalue weighted by molar-refractivity contribution is -0.0329. The summed E-state index contributed by atoms with van der Waals surface area (Å²) in [5, 5.41) is 9.70. The standard InChI is InChI=1S/C19H36F3NOS/c1-2-3-4-5-6-7-8-9-10-11-12-13-14-15-18(24)17(23)16-25-19(20,21)22/h14-15,17-18,24H,2-13,16,23H2,1H3/b15-14+. The number of alkyl halides is 3. The average Bonchev–Trinajstić information content (AvgIpc) is 2.56. The summed E-state index contributed by atoms with van der Waals surface area (Å²) in [6.07, 6.45) is 17.3. The number of thioether (sulfide) groups is 1. The number of allylic oxidation sites excluding steroid dienone is 1. The van der Waals surface area contributed by atoms with Crippen LogP contribution in [0.3, 0.4) is 0 Å².